The number of methoxy groups -OCH3 is 1. The normalized spacial score (nSPS) is 12.3. The van der Waals surface area contributed by atoms with Crippen molar-refractivity contribution in [2.24, 2.45) is 0 Å². The van der Waals surface area contributed by atoms with Gasteiger partial charge in [-0.3, -0.25) is 4.40 Å². The molecule has 2 aromatic heterocycles. The summed E-state index contributed by atoms with van der Waals surface area (Å²) in [6, 6.07) is 27.7. The predicted octanol–water partition coefficient (Wildman–Crippen LogP) is 6.25. The number of nitrogens with zero attached hydrogens (tertiary/aromatic N) is 3. The number of rotatable bonds is 9. The van der Waals surface area contributed by atoms with Crippen LogP contribution >= 0.6 is 11.3 Å². The maximum Gasteiger partial charge on any atom is 0.243 e. The molecule has 6 aromatic rings. The number of hydrogen-bond donors (Lipinski definition) is 0. The third-order valence-corrected chi connectivity index (χ3v) is 9.63. The summed E-state index contributed by atoms with van der Waals surface area (Å²) in [7, 11) is -2.11. The van der Waals surface area contributed by atoms with Crippen LogP contribution < -0.4 is 0 Å². The predicted molar refractivity (Wildman–Crippen MR) is 154 cm³/mol. The second-order valence-corrected chi connectivity index (χ2v) is 12.0. The minimum atomic E-state index is -3.70. The maximum absolute atomic E-state index is 13.7. The Morgan fingerprint density at radius 2 is 1.55 bits per heavy atom. The molecule has 0 bridgehead atoms. The number of thiazole rings is 1. The highest BCUT2D eigenvalue weighted by Gasteiger charge is 2.25. The summed E-state index contributed by atoms with van der Waals surface area (Å²) in [6.07, 6.45) is 2.60. The zero-order valence-corrected chi connectivity index (χ0v) is 22.6. The quantitative estimate of drug-likeness (QED) is 0.217. The van der Waals surface area contributed by atoms with E-state index in [0.29, 0.717) is 24.5 Å². The van der Waals surface area contributed by atoms with Crippen molar-refractivity contribution in [2.75, 3.05) is 26.8 Å². The Kier molecular flexibility index (Phi) is 6.71. The second kappa shape index (κ2) is 10.3. The Balaban J connectivity index is 1.27. The van der Waals surface area contributed by atoms with Gasteiger partial charge in [-0.15, -0.1) is 11.3 Å². The highest BCUT2D eigenvalue weighted by molar-refractivity contribution is 7.89. The van der Waals surface area contributed by atoms with E-state index in [1.807, 2.05) is 48.7 Å². The molecule has 0 atom stereocenters. The van der Waals surface area contributed by atoms with Gasteiger partial charge in [0.15, 0.2) is 4.96 Å². The van der Waals surface area contributed by atoms with Crippen LogP contribution in [0.2, 0.25) is 0 Å². The van der Waals surface area contributed by atoms with Crippen molar-refractivity contribution in [1.82, 2.24) is 13.7 Å². The van der Waals surface area contributed by atoms with E-state index in [-0.39, 0.29) is 6.54 Å². The van der Waals surface area contributed by atoms with E-state index in [2.05, 4.69) is 40.1 Å². The van der Waals surface area contributed by atoms with Gasteiger partial charge < -0.3 is 4.74 Å². The molecular weight excluding hydrogens is 514 g/mol. The highest BCUT2D eigenvalue weighted by Crippen LogP contribution is 2.28. The van der Waals surface area contributed by atoms with Gasteiger partial charge in [0.1, 0.15) is 0 Å². The molecule has 0 unspecified atom stereocenters. The Labute approximate surface area is 225 Å². The van der Waals surface area contributed by atoms with Crippen LogP contribution in [0.3, 0.4) is 0 Å². The van der Waals surface area contributed by atoms with Gasteiger partial charge in [-0.1, -0.05) is 66.7 Å². The SMILES string of the molecule is COCCN(CCc1csc2nc(-c3ccc4ccccc4c3)cn12)S(=O)(=O)c1ccc2ccccc2c1. The fraction of sp³-hybridized carbons (Fsp3) is 0.167. The first kappa shape index (κ1) is 24.8. The molecule has 38 heavy (non-hydrogen) atoms. The van der Waals surface area contributed by atoms with Crippen LogP contribution in [0.25, 0.3) is 37.8 Å². The van der Waals surface area contributed by atoms with Crippen molar-refractivity contribution in [3.63, 3.8) is 0 Å². The molecule has 0 aliphatic heterocycles. The molecule has 0 N–H and O–H groups in total. The van der Waals surface area contributed by atoms with Crippen molar-refractivity contribution in [3.8, 4) is 11.3 Å². The van der Waals surface area contributed by atoms with Gasteiger partial charge in [-0.05, 0) is 39.7 Å². The average Bonchev–Trinajstić information content (AvgIpc) is 3.54. The molecule has 2 heterocycles. The molecule has 0 spiro atoms. The Morgan fingerprint density at radius 3 is 2.29 bits per heavy atom. The van der Waals surface area contributed by atoms with Crippen molar-refractivity contribution < 1.29 is 13.2 Å². The van der Waals surface area contributed by atoms with Crippen molar-refractivity contribution >= 4 is 47.9 Å². The molecule has 0 saturated carbocycles. The Morgan fingerprint density at radius 1 is 0.868 bits per heavy atom. The van der Waals surface area contributed by atoms with E-state index >= 15 is 0 Å². The Hall–Kier alpha value is -3.56. The fourth-order valence-electron chi connectivity index (χ4n) is 4.76. The lowest BCUT2D eigenvalue weighted by molar-refractivity contribution is 0.179. The van der Waals surface area contributed by atoms with Crippen LogP contribution in [0.15, 0.2) is 101 Å². The molecule has 0 saturated heterocycles. The summed E-state index contributed by atoms with van der Waals surface area (Å²) in [4.78, 5) is 6.03. The Bertz CT molecular complexity index is 1860. The number of ether oxygens (including phenoxy) is 1. The summed E-state index contributed by atoms with van der Waals surface area (Å²) in [6.45, 7) is 0.947. The lowest BCUT2D eigenvalue weighted by atomic mass is 10.1. The molecule has 0 amide bonds. The summed E-state index contributed by atoms with van der Waals surface area (Å²) < 4.78 is 36.1. The third kappa shape index (κ3) is 4.72. The lowest BCUT2D eigenvalue weighted by Gasteiger charge is -2.22. The molecule has 6 nitrogen and oxygen atoms in total. The van der Waals surface area contributed by atoms with Gasteiger partial charge in [0.25, 0.3) is 0 Å². The minimum absolute atomic E-state index is 0.283. The van der Waals surface area contributed by atoms with Crippen LogP contribution in [0.1, 0.15) is 5.69 Å². The topological polar surface area (TPSA) is 63.9 Å². The van der Waals surface area contributed by atoms with Crippen LogP contribution in [0.4, 0.5) is 0 Å². The fourth-order valence-corrected chi connectivity index (χ4v) is 7.13. The van der Waals surface area contributed by atoms with Crippen LogP contribution in [0.5, 0.6) is 0 Å². The highest BCUT2D eigenvalue weighted by atomic mass is 32.2. The summed E-state index contributed by atoms with van der Waals surface area (Å²) in [5, 5.41) is 6.34. The van der Waals surface area contributed by atoms with Gasteiger partial charge in [-0.25, -0.2) is 13.4 Å². The first-order valence-electron chi connectivity index (χ1n) is 12.5. The molecule has 0 aliphatic carbocycles. The van der Waals surface area contributed by atoms with E-state index in [0.717, 1.165) is 32.7 Å². The van der Waals surface area contributed by atoms with E-state index in [4.69, 9.17) is 9.72 Å². The molecule has 0 fully saturated rings. The number of imidazole rings is 1. The van der Waals surface area contributed by atoms with Crippen molar-refractivity contribution in [2.45, 2.75) is 11.3 Å². The standard InChI is InChI=1S/C30H27N3O3S2/c1-36-17-16-32(38(34,35)28-13-12-23-7-3-5-9-25(23)19-28)15-14-27-21-37-30-31-29(20-33(27)30)26-11-10-22-6-2-4-8-24(22)18-26/h2-13,18-21H,14-17H2,1H3. The average molecular weight is 542 g/mol. The van der Waals surface area contributed by atoms with Gasteiger partial charge in [0.05, 0.1) is 17.2 Å². The van der Waals surface area contributed by atoms with Crippen molar-refractivity contribution in [3.05, 3.63) is 102 Å². The number of fused-ring (bicyclic) bond motifs is 3. The van der Waals surface area contributed by atoms with E-state index in [1.54, 1.807) is 30.6 Å². The third-order valence-electron chi connectivity index (χ3n) is 6.85. The number of benzene rings is 4. The van der Waals surface area contributed by atoms with E-state index < -0.39 is 10.0 Å². The molecule has 4 aromatic carbocycles. The molecule has 0 radical (unpaired) electrons. The lowest BCUT2D eigenvalue weighted by Crippen LogP contribution is -2.35. The number of aromatic nitrogens is 2. The summed E-state index contributed by atoms with van der Waals surface area (Å²) in [5.74, 6) is 0. The van der Waals surface area contributed by atoms with E-state index in [9.17, 15) is 8.42 Å². The number of sulfonamides is 1. The molecule has 8 heteroatoms. The van der Waals surface area contributed by atoms with Gasteiger partial charge in [0, 0.05) is 49.5 Å². The van der Waals surface area contributed by atoms with Crippen LogP contribution in [-0.4, -0.2) is 48.9 Å². The minimum Gasteiger partial charge on any atom is -0.383 e. The second-order valence-electron chi connectivity index (χ2n) is 9.22. The zero-order valence-electron chi connectivity index (χ0n) is 20.9. The summed E-state index contributed by atoms with van der Waals surface area (Å²) in [5.41, 5.74) is 3.00. The van der Waals surface area contributed by atoms with Gasteiger partial charge in [-0.2, -0.15) is 4.31 Å². The zero-order chi connectivity index (χ0) is 26.1. The number of hydrogen-bond acceptors (Lipinski definition) is 5. The smallest absolute Gasteiger partial charge is 0.243 e. The van der Waals surface area contributed by atoms with E-state index in [1.165, 1.54) is 15.1 Å². The monoisotopic (exact) mass is 541 g/mol. The van der Waals surface area contributed by atoms with Crippen molar-refractivity contribution in [1.29, 1.82) is 0 Å². The molecule has 0 aliphatic rings. The molecule has 6 rings (SSSR count). The first-order valence-corrected chi connectivity index (χ1v) is 14.8. The maximum atomic E-state index is 13.7. The molecule has 192 valence electrons. The first-order chi connectivity index (χ1) is 18.5. The van der Waals surface area contributed by atoms with Crippen LogP contribution in [0, 0.1) is 0 Å². The van der Waals surface area contributed by atoms with Crippen LogP contribution in [-0.2, 0) is 21.2 Å². The largest absolute Gasteiger partial charge is 0.383 e. The van der Waals surface area contributed by atoms with Gasteiger partial charge >= 0.3 is 0 Å². The molecular formula is C30H27N3O3S2. The van der Waals surface area contributed by atoms with Gasteiger partial charge in [0.2, 0.25) is 10.0 Å². The summed E-state index contributed by atoms with van der Waals surface area (Å²) >= 11 is 1.57.